The maximum atomic E-state index is 11.8. The molecule has 0 spiro atoms. The van der Waals surface area contributed by atoms with Crippen LogP contribution in [0.25, 0.3) is 0 Å². The van der Waals surface area contributed by atoms with Gasteiger partial charge in [0.25, 0.3) is 0 Å². The topological polar surface area (TPSA) is 88.1 Å². The summed E-state index contributed by atoms with van der Waals surface area (Å²) in [6.45, 7) is 1.15. The normalized spacial score (nSPS) is 20.8. The summed E-state index contributed by atoms with van der Waals surface area (Å²) in [5.74, 6) is -0.956. The minimum absolute atomic E-state index is 0.232. The van der Waals surface area contributed by atoms with E-state index in [1.807, 2.05) is 0 Å². The van der Waals surface area contributed by atoms with E-state index < -0.39 is 12.0 Å². The van der Waals surface area contributed by atoms with E-state index in [4.69, 9.17) is 14.6 Å². The molecule has 1 unspecified atom stereocenters. The summed E-state index contributed by atoms with van der Waals surface area (Å²) in [6.07, 6.45) is 0.995. The van der Waals surface area contributed by atoms with Gasteiger partial charge in [-0.25, -0.2) is 9.59 Å². The summed E-state index contributed by atoms with van der Waals surface area (Å²) >= 11 is 0. The van der Waals surface area contributed by atoms with Crippen LogP contribution in [0.4, 0.5) is 4.79 Å². The Bertz CT molecular complexity index is 297. The summed E-state index contributed by atoms with van der Waals surface area (Å²) in [4.78, 5) is 24.1. The van der Waals surface area contributed by atoms with Crippen molar-refractivity contribution in [2.24, 2.45) is 0 Å². The molecule has 2 amide bonds. The fourth-order valence-corrected chi connectivity index (χ4v) is 1.97. The van der Waals surface area contributed by atoms with E-state index in [2.05, 4.69) is 5.32 Å². The molecule has 1 aliphatic rings. The van der Waals surface area contributed by atoms with Crippen molar-refractivity contribution in [2.75, 3.05) is 33.9 Å². The summed E-state index contributed by atoms with van der Waals surface area (Å²) < 4.78 is 10.0. The van der Waals surface area contributed by atoms with Crippen molar-refractivity contribution in [1.82, 2.24) is 10.2 Å². The molecule has 0 aromatic carbocycles. The van der Waals surface area contributed by atoms with Gasteiger partial charge in [0.1, 0.15) is 6.04 Å². The van der Waals surface area contributed by atoms with Crippen LogP contribution in [0.15, 0.2) is 0 Å². The van der Waals surface area contributed by atoms with Crippen LogP contribution >= 0.6 is 0 Å². The number of methoxy groups -OCH3 is 2. The maximum absolute atomic E-state index is 11.8. The fourth-order valence-electron chi connectivity index (χ4n) is 1.97. The molecule has 0 aliphatic carbocycles. The van der Waals surface area contributed by atoms with E-state index >= 15 is 0 Å². The Labute approximate surface area is 106 Å². The molecule has 18 heavy (non-hydrogen) atoms. The fraction of sp³-hybridized carbons (Fsp3) is 0.818. The number of likely N-dealkylation sites (tertiary alicyclic amines) is 1. The number of hydrogen-bond acceptors (Lipinski definition) is 4. The number of nitrogens with one attached hydrogen (secondary N) is 1. The van der Waals surface area contributed by atoms with Crippen LogP contribution < -0.4 is 5.32 Å². The molecule has 1 heterocycles. The average molecular weight is 260 g/mol. The number of carbonyl (C=O) groups excluding carboxylic acids is 1. The van der Waals surface area contributed by atoms with E-state index in [9.17, 15) is 9.59 Å². The zero-order valence-corrected chi connectivity index (χ0v) is 10.7. The monoisotopic (exact) mass is 260 g/mol. The second-order valence-electron chi connectivity index (χ2n) is 4.19. The molecule has 2 N–H and O–H groups in total. The lowest BCUT2D eigenvalue weighted by molar-refractivity contribution is -0.141. The van der Waals surface area contributed by atoms with Crippen molar-refractivity contribution in [3.05, 3.63) is 0 Å². The molecule has 1 aliphatic heterocycles. The number of carbonyl (C=O) groups is 2. The van der Waals surface area contributed by atoms with Crippen LogP contribution in [-0.2, 0) is 14.3 Å². The Hall–Kier alpha value is -1.34. The van der Waals surface area contributed by atoms with E-state index in [0.29, 0.717) is 26.1 Å². The summed E-state index contributed by atoms with van der Waals surface area (Å²) in [7, 11) is 3.08. The number of amides is 2. The van der Waals surface area contributed by atoms with Gasteiger partial charge in [-0.3, -0.25) is 0 Å². The predicted octanol–water partition coefficient (Wildman–Crippen LogP) is -0.0936. The van der Waals surface area contributed by atoms with Gasteiger partial charge in [0, 0.05) is 27.3 Å². The molecule has 0 bridgehead atoms. The van der Waals surface area contributed by atoms with Crippen molar-refractivity contribution < 1.29 is 24.2 Å². The lowest BCUT2D eigenvalue weighted by Crippen LogP contribution is -2.48. The molecule has 0 radical (unpaired) electrons. The van der Waals surface area contributed by atoms with Gasteiger partial charge in [0.2, 0.25) is 0 Å². The average Bonchev–Trinajstić information content (AvgIpc) is 2.83. The standard InChI is InChI=1S/C11H20N2O5/c1-17-7-8(18-2)6-12-11(16)13-5-3-4-9(13)10(14)15/h8-9H,3-7H2,1-2H3,(H,12,16)(H,14,15)/t8?,9-/m0/s1. The first-order valence-electron chi connectivity index (χ1n) is 5.89. The van der Waals surface area contributed by atoms with E-state index in [-0.39, 0.29) is 12.1 Å². The van der Waals surface area contributed by atoms with Gasteiger partial charge in [-0.2, -0.15) is 0 Å². The maximum Gasteiger partial charge on any atom is 0.326 e. The van der Waals surface area contributed by atoms with Gasteiger partial charge in [0.05, 0.1) is 12.7 Å². The Kier molecular flexibility index (Phi) is 5.87. The number of aliphatic carboxylic acids is 1. The number of ether oxygens (including phenoxy) is 2. The second-order valence-corrected chi connectivity index (χ2v) is 4.19. The summed E-state index contributed by atoms with van der Waals surface area (Å²) in [5, 5.41) is 11.6. The van der Waals surface area contributed by atoms with Crippen LogP contribution in [-0.4, -0.2) is 68.1 Å². The first kappa shape index (κ1) is 14.7. The zero-order valence-electron chi connectivity index (χ0n) is 10.7. The van der Waals surface area contributed by atoms with E-state index in [1.54, 1.807) is 7.11 Å². The first-order chi connectivity index (χ1) is 8.60. The van der Waals surface area contributed by atoms with Crippen molar-refractivity contribution in [2.45, 2.75) is 25.0 Å². The van der Waals surface area contributed by atoms with Crippen LogP contribution in [0.3, 0.4) is 0 Å². The van der Waals surface area contributed by atoms with Gasteiger partial charge >= 0.3 is 12.0 Å². The van der Waals surface area contributed by atoms with Gasteiger partial charge < -0.3 is 24.8 Å². The number of carboxylic acid groups (broad SMARTS) is 1. The highest BCUT2D eigenvalue weighted by Gasteiger charge is 2.33. The van der Waals surface area contributed by atoms with Gasteiger partial charge in [-0.1, -0.05) is 0 Å². The summed E-state index contributed by atoms with van der Waals surface area (Å²) in [5.41, 5.74) is 0. The minimum atomic E-state index is -0.956. The van der Waals surface area contributed by atoms with E-state index in [1.165, 1.54) is 12.0 Å². The molecular weight excluding hydrogens is 240 g/mol. The first-order valence-corrected chi connectivity index (χ1v) is 5.89. The molecule has 7 nitrogen and oxygen atoms in total. The van der Waals surface area contributed by atoms with Gasteiger partial charge in [-0.05, 0) is 12.8 Å². The SMILES string of the molecule is COCC(CNC(=O)N1CCC[C@H]1C(=O)O)OC. The number of hydrogen-bond donors (Lipinski definition) is 2. The van der Waals surface area contributed by atoms with Gasteiger partial charge in [-0.15, -0.1) is 0 Å². The number of urea groups is 1. The van der Waals surface area contributed by atoms with Crippen LogP contribution in [0.5, 0.6) is 0 Å². The summed E-state index contributed by atoms with van der Waals surface area (Å²) in [6, 6.07) is -1.08. The molecule has 7 heteroatoms. The lowest BCUT2D eigenvalue weighted by atomic mass is 10.2. The highest BCUT2D eigenvalue weighted by Crippen LogP contribution is 2.17. The van der Waals surface area contributed by atoms with Crippen LogP contribution in [0.2, 0.25) is 0 Å². The van der Waals surface area contributed by atoms with Crippen LogP contribution in [0.1, 0.15) is 12.8 Å². The largest absolute Gasteiger partial charge is 0.480 e. The third-order valence-electron chi connectivity index (χ3n) is 2.97. The molecule has 2 atom stereocenters. The predicted molar refractivity (Wildman–Crippen MR) is 63.4 cm³/mol. The smallest absolute Gasteiger partial charge is 0.326 e. The number of rotatable bonds is 6. The van der Waals surface area contributed by atoms with Crippen molar-refractivity contribution in [3.63, 3.8) is 0 Å². The number of carboxylic acids is 1. The molecule has 104 valence electrons. The second kappa shape index (κ2) is 7.17. The highest BCUT2D eigenvalue weighted by molar-refractivity contribution is 5.83. The number of nitrogens with zero attached hydrogens (tertiary/aromatic N) is 1. The van der Waals surface area contributed by atoms with Crippen LogP contribution in [0, 0.1) is 0 Å². The molecule has 1 rings (SSSR count). The highest BCUT2D eigenvalue weighted by atomic mass is 16.5. The van der Waals surface area contributed by atoms with Crippen molar-refractivity contribution in [1.29, 1.82) is 0 Å². The van der Waals surface area contributed by atoms with Crippen molar-refractivity contribution >= 4 is 12.0 Å². The zero-order chi connectivity index (χ0) is 13.5. The Morgan fingerprint density at radius 2 is 2.22 bits per heavy atom. The molecule has 0 aromatic rings. The Morgan fingerprint density at radius 3 is 2.78 bits per heavy atom. The van der Waals surface area contributed by atoms with Crippen molar-refractivity contribution in [3.8, 4) is 0 Å². The Morgan fingerprint density at radius 1 is 1.50 bits per heavy atom. The molecular formula is C11H20N2O5. The lowest BCUT2D eigenvalue weighted by Gasteiger charge is -2.23. The van der Waals surface area contributed by atoms with E-state index in [0.717, 1.165) is 6.42 Å². The Balaban J connectivity index is 2.42. The molecule has 1 saturated heterocycles. The molecule has 0 saturated carbocycles. The third-order valence-corrected chi connectivity index (χ3v) is 2.97. The molecule has 1 fully saturated rings. The quantitative estimate of drug-likeness (QED) is 0.696. The third kappa shape index (κ3) is 3.85. The van der Waals surface area contributed by atoms with Gasteiger partial charge in [0.15, 0.2) is 0 Å². The molecule has 0 aromatic heterocycles. The minimum Gasteiger partial charge on any atom is -0.480 e.